The van der Waals surface area contributed by atoms with Gasteiger partial charge in [0.25, 0.3) is 10.0 Å². The lowest BCUT2D eigenvalue weighted by Crippen LogP contribution is -2.41. The molecule has 0 radical (unpaired) electrons. The van der Waals surface area contributed by atoms with E-state index in [0.717, 1.165) is 15.1 Å². The highest BCUT2D eigenvalue weighted by atomic mass is 79.9. The van der Waals surface area contributed by atoms with Crippen LogP contribution in [0.15, 0.2) is 44.4 Å². The second kappa shape index (κ2) is 5.63. The van der Waals surface area contributed by atoms with Crippen LogP contribution in [0.1, 0.15) is 31.9 Å². The molecule has 7 heteroatoms. The third-order valence-corrected chi connectivity index (χ3v) is 7.07. The molecule has 0 saturated carbocycles. The van der Waals surface area contributed by atoms with Crippen molar-refractivity contribution < 1.29 is 13.2 Å². The van der Waals surface area contributed by atoms with Crippen LogP contribution in [0.3, 0.4) is 0 Å². The molecular weight excluding hydrogens is 386 g/mol. The minimum atomic E-state index is -3.55. The number of fused-ring (bicyclic) bond motifs is 1. The summed E-state index contributed by atoms with van der Waals surface area (Å²) in [5.41, 5.74) is 0.457. The molecule has 2 heterocycles. The summed E-state index contributed by atoms with van der Waals surface area (Å²) in [5, 5.41) is 0. The van der Waals surface area contributed by atoms with Gasteiger partial charge >= 0.3 is 0 Å². The largest absolute Gasteiger partial charge is 0.487 e. The smallest absolute Gasteiger partial charge is 0.250 e. The third-order valence-electron chi connectivity index (χ3n) is 3.49. The molecule has 0 saturated heterocycles. The van der Waals surface area contributed by atoms with E-state index in [-0.39, 0.29) is 6.04 Å². The maximum atomic E-state index is 12.6. The van der Waals surface area contributed by atoms with Gasteiger partial charge in [-0.25, -0.2) is 13.1 Å². The van der Waals surface area contributed by atoms with Crippen molar-refractivity contribution in [2.24, 2.45) is 0 Å². The first-order valence-electron chi connectivity index (χ1n) is 6.82. The zero-order valence-electron chi connectivity index (χ0n) is 12.2. The van der Waals surface area contributed by atoms with E-state index in [1.165, 1.54) is 11.3 Å². The van der Waals surface area contributed by atoms with Crippen LogP contribution in [0.25, 0.3) is 0 Å². The Hall–Kier alpha value is -0.890. The fourth-order valence-corrected chi connectivity index (χ4v) is 5.84. The highest BCUT2D eigenvalue weighted by molar-refractivity contribution is 9.11. The van der Waals surface area contributed by atoms with Crippen molar-refractivity contribution in [1.82, 2.24) is 4.72 Å². The summed E-state index contributed by atoms with van der Waals surface area (Å²) in [6, 6.07) is 10.6. The number of thiophene rings is 1. The van der Waals surface area contributed by atoms with Gasteiger partial charge in [-0.1, -0.05) is 18.2 Å². The van der Waals surface area contributed by atoms with Gasteiger partial charge in [0.15, 0.2) is 0 Å². The SMILES string of the molecule is CC1(C)C[C@H](NS(=O)(=O)c2ccc(Br)s2)c2ccccc2O1. The fraction of sp³-hybridized carbons (Fsp3) is 0.333. The minimum Gasteiger partial charge on any atom is -0.487 e. The summed E-state index contributed by atoms with van der Waals surface area (Å²) in [6.45, 7) is 3.93. The molecule has 118 valence electrons. The third kappa shape index (κ3) is 3.22. The van der Waals surface area contributed by atoms with Gasteiger partial charge < -0.3 is 4.74 Å². The number of benzene rings is 1. The average Bonchev–Trinajstić information content (AvgIpc) is 2.84. The Morgan fingerprint density at radius 3 is 2.68 bits per heavy atom. The maximum Gasteiger partial charge on any atom is 0.250 e. The van der Waals surface area contributed by atoms with E-state index in [4.69, 9.17) is 4.74 Å². The molecule has 0 amide bonds. The van der Waals surface area contributed by atoms with Crippen molar-refractivity contribution >= 4 is 37.3 Å². The molecule has 22 heavy (non-hydrogen) atoms. The molecule has 1 aromatic heterocycles. The summed E-state index contributed by atoms with van der Waals surface area (Å²) in [4.78, 5) is 0. The Kier molecular flexibility index (Phi) is 4.09. The van der Waals surface area contributed by atoms with Gasteiger partial charge in [0.1, 0.15) is 15.6 Å². The van der Waals surface area contributed by atoms with Crippen molar-refractivity contribution in [1.29, 1.82) is 0 Å². The van der Waals surface area contributed by atoms with Crippen LogP contribution in [-0.4, -0.2) is 14.0 Å². The first-order chi connectivity index (χ1) is 10.3. The molecule has 1 aliphatic heterocycles. The normalized spacial score (nSPS) is 20.2. The van der Waals surface area contributed by atoms with Gasteiger partial charge in [-0.15, -0.1) is 11.3 Å². The zero-order valence-corrected chi connectivity index (χ0v) is 15.4. The molecule has 0 unspecified atom stereocenters. The predicted molar refractivity (Wildman–Crippen MR) is 90.8 cm³/mol. The first kappa shape index (κ1) is 16.0. The summed E-state index contributed by atoms with van der Waals surface area (Å²) in [7, 11) is -3.55. The van der Waals surface area contributed by atoms with E-state index in [1.807, 2.05) is 38.1 Å². The summed E-state index contributed by atoms with van der Waals surface area (Å²) in [6.07, 6.45) is 0.579. The van der Waals surface area contributed by atoms with Gasteiger partial charge in [-0.3, -0.25) is 0 Å². The quantitative estimate of drug-likeness (QED) is 0.842. The Morgan fingerprint density at radius 1 is 1.27 bits per heavy atom. The van der Waals surface area contributed by atoms with Crippen LogP contribution >= 0.6 is 27.3 Å². The van der Waals surface area contributed by atoms with Crippen LogP contribution in [0, 0.1) is 0 Å². The number of ether oxygens (including phenoxy) is 1. The zero-order chi connectivity index (χ0) is 16.0. The molecule has 1 aliphatic rings. The van der Waals surface area contributed by atoms with E-state index < -0.39 is 15.6 Å². The second-order valence-electron chi connectivity index (χ2n) is 5.84. The molecule has 0 bridgehead atoms. The second-order valence-corrected chi connectivity index (χ2v) is 10.2. The molecule has 3 rings (SSSR count). The van der Waals surface area contributed by atoms with Gasteiger partial charge in [-0.05, 0) is 48.0 Å². The standard InChI is InChI=1S/C15H16BrNO3S2/c1-15(2)9-11(10-5-3-4-6-12(10)20-15)17-22(18,19)14-8-7-13(16)21-14/h3-8,11,17H,9H2,1-2H3/t11-/m0/s1. The number of sulfonamides is 1. The average molecular weight is 402 g/mol. The van der Waals surface area contributed by atoms with Crippen molar-refractivity contribution in [3.8, 4) is 5.75 Å². The van der Waals surface area contributed by atoms with Gasteiger partial charge in [-0.2, -0.15) is 0 Å². The maximum absolute atomic E-state index is 12.6. The molecule has 1 N–H and O–H groups in total. The number of hydrogen-bond donors (Lipinski definition) is 1. The highest BCUT2D eigenvalue weighted by Crippen LogP contribution is 2.40. The highest BCUT2D eigenvalue weighted by Gasteiger charge is 2.36. The molecule has 0 aliphatic carbocycles. The minimum absolute atomic E-state index is 0.300. The van der Waals surface area contributed by atoms with Crippen molar-refractivity contribution in [2.45, 2.75) is 36.1 Å². The van der Waals surface area contributed by atoms with E-state index in [1.54, 1.807) is 12.1 Å². The lowest BCUT2D eigenvalue weighted by molar-refractivity contribution is 0.0702. The van der Waals surface area contributed by atoms with Crippen LogP contribution in [0.5, 0.6) is 5.75 Å². The van der Waals surface area contributed by atoms with E-state index in [9.17, 15) is 8.42 Å². The number of halogens is 1. The topological polar surface area (TPSA) is 55.4 Å². The first-order valence-corrected chi connectivity index (χ1v) is 9.92. The Balaban J connectivity index is 1.95. The monoisotopic (exact) mass is 401 g/mol. The molecule has 1 aromatic carbocycles. The van der Waals surface area contributed by atoms with Crippen LogP contribution < -0.4 is 9.46 Å². The molecule has 0 fully saturated rings. The number of rotatable bonds is 3. The summed E-state index contributed by atoms with van der Waals surface area (Å²) >= 11 is 4.50. The molecule has 0 spiro atoms. The molecule has 4 nitrogen and oxygen atoms in total. The Morgan fingerprint density at radius 2 is 2.00 bits per heavy atom. The lowest BCUT2D eigenvalue weighted by Gasteiger charge is -2.37. The molecular formula is C15H16BrNO3S2. The number of hydrogen-bond acceptors (Lipinski definition) is 4. The number of nitrogens with one attached hydrogen (secondary N) is 1. The van der Waals surface area contributed by atoms with Gasteiger partial charge in [0, 0.05) is 12.0 Å². The van der Waals surface area contributed by atoms with Crippen LogP contribution in [-0.2, 0) is 10.0 Å². The summed E-state index contributed by atoms with van der Waals surface area (Å²) < 4.78 is 35.0. The Labute approximate surface area is 142 Å². The Bertz CT molecular complexity index is 799. The lowest BCUT2D eigenvalue weighted by atomic mass is 9.90. The van der Waals surface area contributed by atoms with E-state index in [2.05, 4.69) is 20.7 Å². The van der Waals surface area contributed by atoms with Gasteiger partial charge in [0.05, 0.1) is 9.83 Å². The van der Waals surface area contributed by atoms with Gasteiger partial charge in [0.2, 0.25) is 0 Å². The molecule has 2 aromatic rings. The van der Waals surface area contributed by atoms with Crippen LogP contribution in [0.4, 0.5) is 0 Å². The predicted octanol–water partition coefficient (Wildman–Crippen LogP) is 4.09. The van der Waals surface area contributed by atoms with E-state index in [0.29, 0.717) is 10.6 Å². The van der Waals surface area contributed by atoms with Crippen molar-refractivity contribution in [3.05, 3.63) is 45.7 Å². The molecule has 1 atom stereocenters. The van der Waals surface area contributed by atoms with E-state index >= 15 is 0 Å². The fourth-order valence-electron chi connectivity index (χ4n) is 2.59. The summed E-state index contributed by atoms with van der Waals surface area (Å²) in [5.74, 6) is 0.735. The van der Waals surface area contributed by atoms with Crippen molar-refractivity contribution in [3.63, 3.8) is 0 Å². The van der Waals surface area contributed by atoms with Crippen LogP contribution in [0.2, 0.25) is 0 Å². The van der Waals surface area contributed by atoms with Crippen molar-refractivity contribution in [2.75, 3.05) is 0 Å². The number of para-hydroxylation sites is 1.